The van der Waals surface area contributed by atoms with Crippen LogP contribution in [0.25, 0.3) is 10.1 Å². The Labute approximate surface area is 125 Å². The Balaban J connectivity index is 1.86. The van der Waals surface area contributed by atoms with E-state index in [4.69, 9.17) is 5.73 Å². The molecule has 1 aromatic heterocycles. The van der Waals surface area contributed by atoms with E-state index < -0.39 is 0 Å². The fraction of sp³-hybridized carbons (Fsp3) is 0.529. The Hall–Kier alpha value is -0.900. The van der Waals surface area contributed by atoms with E-state index in [0.717, 1.165) is 6.42 Å². The van der Waals surface area contributed by atoms with Crippen LogP contribution in [0.3, 0.4) is 0 Å². The third-order valence-corrected chi connectivity index (χ3v) is 6.06. The van der Waals surface area contributed by atoms with Gasteiger partial charge in [-0.1, -0.05) is 31.0 Å². The average Bonchev–Trinajstić information content (AvgIpc) is 3.07. The van der Waals surface area contributed by atoms with E-state index in [9.17, 15) is 0 Å². The lowest BCUT2D eigenvalue weighted by atomic mass is 9.83. The molecular formula is C17H24N2S. The van der Waals surface area contributed by atoms with Crippen LogP contribution in [-0.4, -0.2) is 30.6 Å². The summed E-state index contributed by atoms with van der Waals surface area (Å²) in [6, 6.07) is 8.89. The number of thiophene rings is 1. The predicted molar refractivity (Wildman–Crippen MR) is 88.4 cm³/mol. The van der Waals surface area contributed by atoms with E-state index in [1.54, 1.807) is 0 Å². The molecule has 0 radical (unpaired) electrons. The molecule has 3 heteroatoms. The van der Waals surface area contributed by atoms with Crippen molar-refractivity contribution in [3.63, 3.8) is 0 Å². The molecule has 1 aromatic carbocycles. The fourth-order valence-electron chi connectivity index (χ4n) is 3.75. The molecule has 1 heterocycles. The second kappa shape index (κ2) is 5.47. The molecule has 108 valence electrons. The van der Waals surface area contributed by atoms with Crippen LogP contribution in [0.5, 0.6) is 0 Å². The Bertz CT molecular complexity index is 581. The Kier molecular flexibility index (Phi) is 3.85. The van der Waals surface area contributed by atoms with E-state index in [2.05, 4.69) is 48.6 Å². The van der Waals surface area contributed by atoms with E-state index in [-0.39, 0.29) is 11.6 Å². The molecular weight excluding hydrogens is 264 g/mol. The highest BCUT2D eigenvalue weighted by atomic mass is 32.1. The highest BCUT2D eigenvalue weighted by Gasteiger charge is 2.41. The summed E-state index contributed by atoms with van der Waals surface area (Å²) < 4.78 is 1.38. The van der Waals surface area contributed by atoms with Gasteiger partial charge in [0.1, 0.15) is 0 Å². The number of fused-ring (bicyclic) bond motifs is 1. The van der Waals surface area contributed by atoms with E-state index >= 15 is 0 Å². The molecule has 0 aliphatic heterocycles. The number of nitrogens with zero attached hydrogens (tertiary/aromatic N) is 1. The van der Waals surface area contributed by atoms with Crippen LogP contribution < -0.4 is 5.73 Å². The molecule has 1 aliphatic carbocycles. The summed E-state index contributed by atoms with van der Waals surface area (Å²) in [6.45, 7) is 0. The van der Waals surface area contributed by atoms with Crippen molar-refractivity contribution in [1.82, 2.24) is 4.90 Å². The molecule has 1 fully saturated rings. The van der Waals surface area contributed by atoms with Gasteiger partial charge in [-0.15, -0.1) is 11.3 Å². The number of hydrogen-bond donors (Lipinski definition) is 1. The largest absolute Gasteiger partial charge is 0.326 e. The third kappa shape index (κ3) is 2.28. The summed E-state index contributed by atoms with van der Waals surface area (Å²) in [5.74, 6) is 0. The second-order valence-electron chi connectivity index (χ2n) is 6.27. The monoisotopic (exact) mass is 288 g/mol. The van der Waals surface area contributed by atoms with Crippen molar-refractivity contribution < 1.29 is 0 Å². The number of hydrogen-bond acceptors (Lipinski definition) is 3. The van der Waals surface area contributed by atoms with Crippen molar-refractivity contribution in [2.24, 2.45) is 5.73 Å². The van der Waals surface area contributed by atoms with Gasteiger partial charge in [-0.2, -0.15) is 0 Å². The summed E-state index contributed by atoms with van der Waals surface area (Å²) in [5, 5.41) is 3.68. The van der Waals surface area contributed by atoms with Crippen molar-refractivity contribution in [2.45, 2.75) is 43.7 Å². The molecule has 0 spiro atoms. The molecule has 2 nitrogen and oxygen atoms in total. The van der Waals surface area contributed by atoms with Crippen LogP contribution in [0.1, 0.15) is 31.2 Å². The topological polar surface area (TPSA) is 29.3 Å². The smallest absolute Gasteiger partial charge is 0.0357 e. The van der Waals surface area contributed by atoms with Crippen LogP contribution in [0.2, 0.25) is 0 Å². The molecule has 20 heavy (non-hydrogen) atoms. The molecule has 1 atom stereocenters. The molecule has 1 saturated carbocycles. The van der Waals surface area contributed by atoms with Gasteiger partial charge in [0, 0.05) is 16.3 Å². The zero-order valence-corrected chi connectivity index (χ0v) is 13.2. The van der Waals surface area contributed by atoms with Gasteiger partial charge in [0.05, 0.1) is 0 Å². The maximum Gasteiger partial charge on any atom is 0.0357 e. The van der Waals surface area contributed by atoms with Gasteiger partial charge >= 0.3 is 0 Å². The van der Waals surface area contributed by atoms with Crippen molar-refractivity contribution in [3.05, 3.63) is 35.2 Å². The van der Waals surface area contributed by atoms with Gasteiger partial charge in [0.2, 0.25) is 0 Å². The molecule has 1 aliphatic rings. The van der Waals surface area contributed by atoms with Crippen LogP contribution in [-0.2, 0) is 6.42 Å². The van der Waals surface area contributed by atoms with Gasteiger partial charge in [-0.25, -0.2) is 0 Å². The van der Waals surface area contributed by atoms with Crippen LogP contribution in [0.4, 0.5) is 0 Å². The molecule has 0 bridgehead atoms. The van der Waals surface area contributed by atoms with Crippen molar-refractivity contribution in [3.8, 4) is 0 Å². The van der Waals surface area contributed by atoms with Crippen molar-refractivity contribution >= 4 is 21.4 Å². The first-order chi connectivity index (χ1) is 9.63. The summed E-state index contributed by atoms with van der Waals surface area (Å²) in [4.78, 5) is 2.37. The standard InChI is InChI=1S/C17H24N2S/c1-19(2)17(9-5-6-10-17)16(18)11-13-12-20-15-8-4-3-7-14(13)15/h3-4,7-8,12,16H,5-6,9-11,18H2,1-2H3. The van der Waals surface area contributed by atoms with Crippen molar-refractivity contribution in [1.29, 1.82) is 0 Å². The first kappa shape index (κ1) is 14.1. The summed E-state index contributed by atoms with van der Waals surface area (Å²) >= 11 is 1.84. The van der Waals surface area contributed by atoms with Gasteiger partial charge < -0.3 is 10.6 Å². The lowest BCUT2D eigenvalue weighted by molar-refractivity contribution is 0.123. The maximum absolute atomic E-state index is 6.66. The molecule has 3 rings (SSSR count). The molecule has 0 saturated heterocycles. The second-order valence-corrected chi connectivity index (χ2v) is 7.18. The number of nitrogens with two attached hydrogens (primary N) is 1. The van der Waals surface area contributed by atoms with Crippen LogP contribution >= 0.6 is 11.3 Å². The quantitative estimate of drug-likeness (QED) is 0.930. The zero-order chi connectivity index (χ0) is 14.2. The summed E-state index contributed by atoms with van der Waals surface area (Å²) in [6.07, 6.45) is 6.10. The Morgan fingerprint density at radius 1 is 1.25 bits per heavy atom. The molecule has 2 N–H and O–H groups in total. The summed E-state index contributed by atoms with van der Waals surface area (Å²) in [5.41, 5.74) is 8.28. The molecule has 1 unspecified atom stereocenters. The Morgan fingerprint density at radius 3 is 2.65 bits per heavy atom. The van der Waals surface area contributed by atoms with Gasteiger partial charge in [0.25, 0.3) is 0 Å². The minimum atomic E-state index is 0.197. The number of likely N-dealkylation sites (N-methyl/N-ethyl adjacent to an activating group) is 1. The maximum atomic E-state index is 6.66. The zero-order valence-electron chi connectivity index (χ0n) is 12.4. The highest BCUT2D eigenvalue weighted by molar-refractivity contribution is 7.17. The number of rotatable bonds is 4. The Morgan fingerprint density at radius 2 is 1.95 bits per heavy atom. The van der Waals surface area contributed by atoms with E-state index in [0.29, 0.717) is 0 Å². The first-order valence-electron chi connectivity index (χ1n) is 7.51. The van der Waals surface area contributed by atoms with Gasteiger partial charge in [-0.05, 0) is 55.8 Å². The number of benzene rings is 1. The molecule has 2 aromatic rings. The summed E-state index contributed by atoms with van der Waals surface area (Å²) in [7, 11) is 4.38. The van der Waals surface area contributed by atoms with Gasteiger partial charge in [0.15, 0.2) is 0 Å². The SMILES string of the molecule is CN(C)C1(C(N)Cc2csc3ccccc23)CCCC1. The van der Waals surface area contributed by atoms with Crippen molar-refractivity contribution in [2.75, 3.05) is 14.1 Å². The lowest BCUT2D eigenvalue weighted by Crippen LogP contribution is -2.56. The van der Waals surface area contributed by atoms with E-state index in [1.807, 2.05) is 11.3 Å². The molecule has 0 amide bonds. The van der Waals surface area contributed by atoms with E-state index in [1.165, 1.54) is 41.3 Å². The third-order valence-electron chi connectivity index (χ3n) is 5.05. The van der Waals surface area contributed by atoms with Gasteiger partial charge in [-0.3, -0.25) is 0 Å². The predicted octanol–water partition coefficient (Wildman–Crippen LogP) is 3.65. The van der Waals surface area contributed by atoms with Crippen LogP contribution in [0, 0.1) is 0 Å². The average molecular weight is 288 g/mol. The first-order valence-corrected chi connectivity index (χ1v) is 8.39. The minimum Gasteiger partial charge on any atom is -0.326 e. The van der Waals surface area contributed by atoms with Crippen LogP contribution in [0.15, 0.2) is 29.6 Å². The minimum absolute atomic E-state index is 0.197. The normalized spacial score (nSPS) is 19.8. The fourth-order valence-corrected chi connectivity index (χ4v) is 4.73. The lowest BCUT2D eigenvalue weighted by Gasteiger charge is -2.41. The highest BCUT2D eigenvalue weighted by Crippen LogP contribution is 2.38.